The van der Waals surface area contributed by atoms with Gasteiger partial charge in [-0.15, -0.1) is 0 Å². The molecular weight excluding hydrogens is 332 g/mol. The van der Waals surface area contributed by atoms with Crippen molar-refractivity contribution in [2.24, 2.45) is 0 Å². The standard InChI is InChI=1S/C16H16N2O5S/c1-2-17(10-12-6-5-9-23-12)15(19)11-18-16(20)13-7-3-4-8-14(13)24(18,21)22/h3-9H,2,10-11H2,1H3. The van der Waals surface area contributed by atoms with E-state index in [0.29, 0.717) is 16.6 Å². The Morgan fingerprint density at radius 3 is 2.58 bits per heavy atom. The van der Waals surface area contributed by atoms with Crippen LogP contribution in [0.5, 0.6) is 0 Å². The van der Waals surface area contributed by atoms with Crippen LogP contribution in [0, 0.1) is 0 Å². The number of likely N-dealkylation sites (N-methyl/N-ethyl adjacent to an activating group) is 1. The molecule has 0 bridgehead atoms. The number of nitrogens with zero attached hydrogens (tertiary/aromatic N) is 2. The van der Waals surface area contributed by atoms with E-state index < -0.39 is 28.4 Å². The fraction of sp³-hybridized carbons (Fsp3) is 0.250. The molecule has 2 heterocycles. The highest BCUT2D eigenvalue weighted by molar-refractivity contribution is 7.90. The van der Waals surface area contributed by atoms with Gasteiger partial charge in [0.1, 0.15) is 17.2 Å². The average molecular weight is 348 g/mol. The van der Waals surface area contributed by atoms with Gasteiger partial charge < -0.3 is 9.32 Å². The molecule has 3 rings (SSSR count). The monoisotopic (exact) mass is 348 g/mol. The number of hydrogen-bond donors (Lipinski definition) is 0. The maximum absolute atomic E-state index is 12.5. The first-order chi connectivity index (χ1) is 11.4. The van der Waals surface area contributed by atoms with Crippen LogP contribution < -0.4 is 0 Å². The molecule has 0 radical (unpaired) electrons. The lowest BCUT2D eigenvalue weighted by molar-refractivity contribution is -0.131. The minimum absolute atomic E-state index is 0.0584. The van der Waals surface area contributed by atoms with E-state index in [-0.39, 0.29) is 17.0 Å². The quantitative estimate of drug-likeness (QED) is 0.816. The van der Waals surface area contributed by atoms with Crippen LogP contribution in [0.1, 0.15) is 23.0 Å². The number of hydrogen-bond acceptors (Lipinski definition) is 5. The summed E-state index contributed by atoms with van der Waals surface area (Å²) in [7, 11) is -3.98. The van der Waals surface area contributed by atoms with Crippen LogP contribution in [0.15, 0.2) is 52.0 Å². The van der Waals surface area contributed by atoms with Gasteiger partial charge in [-0.1, -0.05) is 12.1 Å². The second-order valence-electron chi connectivity index (χ2n) is 5.30. The van der Waals surface area contributed by atoms with Crippen LogP contribution >= 0.6 is 0 Å². The summed E-state index contributed by atoms with van der Waals surface area (Å²) in [5.74, 6) is -0.546. The molecule has 24 heavy (non-hydrogen) atoms. The van der Waals surface area contributed by atoms with E-state index in [0.717, 1.165) is 0 Å². The third-order valence-electron chi connectivity index (χ3n) is 3.85. The van der Waals surface area contributed by atoms with E-state index in [4.69, 9.17) is 4.42 Å². The summed E-state index contributed by atoms with van der Waals surface area (Å²) in [5, 5.41) is 0. The molecule has 126 valence electrons. The van der Waals surface area contributed by atoms with Gasteiger partial charge in [0.05, 0.1) is 18.4 Å². The number of furan rings is 1. The molecule has 2 amide bonds. The predicted octanol–water partition coefficient (Wildman–Crippen LogP) is 1.47. The zero-order valence-electron chi connectivity index (χ0n) is 13.0. The summed E-state index contributed by atoms with van der Waals surface area (Å²) >= 11 is 0. The SMILES string of the molecule is CCN(Cc1ccco1)C(=O)CN1C(=O)c2ccccc2S1(=O)=O. The van der Waals surface area contributed by atoms with Gasteiger partial charge >= 0.3 is 0 Å². The number of sulfonamides is 1. The largest absolute Gasteiger partial charge is 0.467 e. The second kappa shape index (κ2) is 6.12. The van der Waals surface area contributed by atoms with Crippen molar-refractivity contribution >= 4 is 21.8 Å². The Morgan fingerprint density at radius 2 is 1.96 bits per heavy atom. The van der Waals surface area contributed by atoms with Crippen molar-refractivity contribution in [2.75, 3.05) is 13.1 Å². The third kappa shape index (κ3) is 2.69. The van der Waals surface area contributed by atoms with Crippen molar-refractivity contribution in [3.63, 3.8) is 0 Å². The molecule has 1 aromatic heterocycles. The Labute approximate surface area is 139 Å². The molecule has 7 nitrogen and oxygen atoms in total. The van der Waals surface area contributed by atoms with Crippen molar-refractivity contribution in [1.82, 2.24) is 9.21 Å². The molecule has 0 atom stereocenters. The van der Waals surface area contributed by atoms with Gasteiger partial charge in [-0.2, -0.15) is 0 Å². The number of rotatable bonds is 5. The highest BCUT2D eigenvalue weighted by Crippen LogP contribution is 2.29. The summed E-state index contributed by atoms with van der Waals surface area (Å²) in [6.45, 7) is 1.84. The van der Waals surface area contributed by atoms with E-state index >= 15 is 0 Å². The van der Waals surface area contributed by atoms with Crippen LogP contribution in [0.3, 0.4) is 0 Å². The maximum Gasteiger partial charge on any atom is 0.269 e. The molecule has 0 saturated heterocycles. The van der Waals surface area contributed by atoms with Gasteiger partial charge in [0.15, 0.2) is 0 Å². The molecule has 2 aromatic rings. The van der Waals surface area contributed by atoms with Gasteiger partial charge in [0.2, 0.25) is 5.91 Å². The van der Waals surface area contributed by atoms with E-state index in [1.54, 1.807) is 31.2 Å². The summed E-state index contributed by atoms with van der Waals surface area (Å²) in [5.41, 5.74) is 0.0967. The average Bonchev–Trinajstić information content (AvgIpc) is 3.15. The topological polar surface area (TPSA) is 87.9 Å². The summed E-state index contributed by atoms with van der Waals surface area (Å²) in [4.78, 5) is 26.2. The molecular formula is C16H16N2O5S. The van der Waals surface area contributed by atoms with Crippen LogP contribution in [0.4, 0.5) is 0 Å². The normalized spacial score (nSPS) is 15.4. The van der Waals surface area contributed by atoms with Crippen LogP contribution in [0.25, 0.3) is 0 Å². The molecule has 1 aliphatic heterocycles. The summed E-state index contributed by atoms with van der Waals surface area (Å²) in [6.07, 6.45) is 1.50. The van der Waals surface area contributed by atoms with Gasteiger partial charge in [-0.25, -0.2) is 12.7 Å². The molecule has 0 spiro atoms. The van der Waals surface area contributed by atoms with Crippen molar-refractivity contribution in [2.45, 2.75) is 18.4 Å². The molecule has 0 saturated carbocycles. The fourth-order valence-corrected chi connectivity index (χ4v) is 4.10. The Hall–Kier alpha value is -2.61. The molecule has 8 heteroatoms. The predicted molar refractivity (Wildman–Crippen MR) is 84.5 cm³/mol. The summed E-state index contributed by atoms with van der Waals surface area (Å²) in [6, 6.07) is 9.38. The highest BCUT2D eigenvalue weighted by atomic mass is 32.2. The van der Waals surface area contributed by atoms with Crippen LogP contribution in [-0.4, -0.2) is 42.5 Å². The molecule has 1 aromatic carbocycles. The Balaban J connectivity index is 1.80. The first-order valence-corrected chi connectivity index (χ1v) is 8.85. The molecule has 0 fully saturated rings. The lowest BCUT2D eigenvalue weighted by Crippen LogP contribution is -2.42. The Bertz CT molecular complexity index is 874. The number of amides is 2. The smallest absolute Gasteiger partial charge is 0.269 e. The molecule has 1 aliphatic rings. The first-order valence-electron chi connectivity index (χ1n) is 7.41. The lowest BCUT2D eigenvalue weighted by atomic mass is 10.2. The van der Waals surface area contributed by atoms with E-state index in [1.807, 2.05) is 0 Å². The van der Waals surface area contributed by atoms with Gasteiger partial charge in [0.25, 0.3) is 15.9 Å². The number of benzene rings is 1. The van der Waals surface area contributed by atoms with E-state index in [1.165, 1.54) is 23.3 Å². The van der Waals surface area contributed by atoms with Crippen LogP contribution in [0.2, 0.25) is 0 Å². The van der Waals surface area contributed by atoms with Crippen molar-refractivity contribution in [3.8, 4) is 0 Å². The van der Waals surface area contributed by atoms with E-state index in [2.05, 4.69) is 0 Å². The second-order valence-corrected chi connectivity index (χ2v) is 7.13. The molecule has 0 aliphatic carbocycles. The van der Waals surface area contributed by atoms with Crippen molar-refractivity contribution in [3.05, 3.63) is 54.0 Å². The van der Waals surface area contributed by atoms with E-state index in [9.17, 15) is 18.0 Å². The zero-order valence-corrected chi connectivity index (χ0v) is 13.8. The Kier molecular flexibility index (Phi) is 4.15. The minimum Gasteiger partial charge on any atom is -0.467 e. The van der Waals surface area contributed by atoms with Crippen molar-refractivity contribution in [1.29, 1.82) is 0 Å². The van der Waals surface area contributed by atoms with Gasteiger partial charge in [-0.3, -0.25) is 9.59 Å². The maximum atomic E-state index is 12.5. The Morgan fingerprint density at radius 1 is 1.21 bits per heavy atom. The zero-order chi connectivity index (χ0) is 17.3. The fourth-order valence-electron chi connectivity index (χ4n) is 2.58. The van der Waals surface area contributed by atoms with Crippen molar-refractivity contribution < 1.29 is 22.4 Å². The highest BCUT2D eigenvalue weighted by Gasteiger charge is 2.42. The van der Waals surface area contributed by atoms with Crippen LogP contribution in [-0.2, 0) is 21.4 Å². The van der Waals surface area contributed by atoms with Gasteiger partial charge in [-0.05, 0) is 31.2 Å². The lowest BCUT2D eigenvalue weighted by Gasteiger charge is -2.22. The molecule has 0 N–H and O–H groups in total. The van der Waals surface area contributed by atoms with Gasteiger partial charge in [0, 0.05) is 6.54 Å². The number of fused-ring (bicyclic) bond motifs is 1. The summed E-state index contributed by atoms with van der Waals surface area (Å²) < 4.78 is 30.8. The first kappa shape index (κ1) is 16.3. The minimum atomic E-state index is -3.98. The number of carbonyl (C=O) groups excluding carboxylic acids is 2. The third-order valence-corrected chi connectivity index (χ3v) is 5.64. The molecule has 0 unspecified atom stereocenters. The number of carbonyl (C=O) groups is 2.